The first kappa shape index (κ1) is 16.4. The van der Waals surface area contributed by atoms with Gasteiger partial charge in [-0.15, -0.1) is 0 Å². The van der Waals surface area contributed by atoms with E-state index in [4.69, 9.17) is 4.74 Å². The van der Waals surface area contributed by atoms with Crippen molar-refractivity contribution in [2.75, 3.05) is 19.7 Å². The van der Waals surface area contributed by atoms with Crippen LogP contribution in [0.4, 0.5) is 0 Å². The van der Waals surface area contributed by atoms with Crippen LogP contribution in [-0.4, -0.2) is 40.5 Å². The van der Waals surface area contributed by atoms with Gasteiger partial charge in [0.1, 0.15) is 5.01 Å². The molecule has 0 aromatic carbocycles. The Hall–Kier alpha value is -1.95. The average molecular weight is 319 g/mol. The van der Waals surface area contributed by atoms with Crippen LogP contribution >= 0.6 is 11.3 Å². The average Bonchev–Trinajstić information content (AvgIpc) is 2.99. The summed E-state index contributed by atoms with van der Waals surface area (Å²) in [5, 5.41) is 1.38. The van der Waals surface area contributed by atoms with Gasteiger partial charge in [0.15, 0.2) is 5.69 Å². The first-order valence-electron chi connectivity index (χ1n) is 7.54. The lowest BCUT2D eigenvalue weighted by Crippen LogP contribution is -2.31. The Balaban J connectivity index is 2.38. The Morgan fingerprint density at radius 2 is 1.91 bits per heavy atom. The molecule has 0 saturated heterocycles. The molecule has 2 heterocycles. The van der Waals surface area contributed by atoms with Crippen LogP contribution in [0.2, 0.25) is 0 Å². The molecule has 2 aromatic rings. The summed E-state index contributed by atoms with van der Waals surface area (Å²) in [7, 11) is 0. The lowest BCUT2D eigenvalue weighted by Gasteiger charge is -2.17. The van der Waals surface area contributed by atoms with Gasteiger partial charge >= 0.3 is 0 Å². The Morgan fingerprint density at radius 3 is 2.50 bits per heavy atom. The second-order valence-corrected chi connectivity index (χ2v) is 5.68. The molecule has 0 radical (unpaired) electrons. The van der Waals surface area contributed by atoms with E-state index in [9.17, 15) is 4.79 Å². The lowest BCUT2D eigenvalue weighted by molar-refractivity contribution is 0.0764. The molecule has 0 saturated carbocycles. The second kappa shape index (κ2) is 7.89. The van der Waals surface area contributed by atoms with E-state index < -0.39 is 0 Å². The summed E-state index contributed by atoms with van der Waals surface area (Å²) >= 11 is 1.41. The zero-order valence-electron chi connectivity index (χ0n) is 13.2. The van der Waals surface area contributed by atoms with Gasteiger partial charge in [-0.1, -0.05) is 18.3 Å². The number of pyridine rings is 1. The van der Waals surface area contributed by atoms with Gasteiger partial charge in [-0.3, -0.25) is 9.78 Å². The van der Waals surface area contributed by atoms with Crippen LogP contribution in [0.25, 0.3) is 10.6 Å². The number of hydrogen-bond donors (Lipinski definition) is 0. The number of aromatic nitrogens is 2. The maximum atomic E-state index is 12.6. The molecule has 0 bridgehead atoms. The topological polar surface area (TPSA) is 55.3 Å². The molecule has 22 heavy (non-hydrogen) atoms. The molecule has 0 fully saturated rings. The highest BCUT2D eigenvalue weighted by Gasteiger charge is 2.23. The molecule has 0 N–H and O–H groups in total. The van der Waals surface area contributed by atoms with E-state index in [1.807, 2.05) is 32.9 Å². The van der Waals surface area contributed by atoms with Crippen LogP contribution in [0.1, 0.15) is 37.7 Å². The molecule has 6 heteroatoms. The Morgan fingerprint density at radius 1 is 1.23 bits per heavy atom. The van der Waals surface area contributed by atoms with E-state index >= 15 is 0 Å². The van der Waals surface area contributed by atoms with Crippen molar-refractivity contribution in [2.24, 2.45) is 0 Å². The van der Waals surface area contributed by atoms with Crippen molar-refractivity contribution >= 4 is 17.2 Å². The van der Waals surface area contributed by atoms with E-state index in [2.05, 4.69) is 9.97 Å². The Labute approximate surface area is 135 Å². The minimum Gasteiger partial charge on any atom is -0.482 e. The zero-order valence-corrected chi connectivity index (χ0v) is 14.0. The van der Waals surface area contributed by atoms with Crippen molar-refractivity contribution in [1.82, 2.24) is 14.9 Å². The third kappa shape index (κ3) is 3.62. The number of carbonyl (C=O) groups is 1. The van der Waals surface area contributed by atoms with Gasteiger partial charge < -0.3 is 9.64 Å². The van der Waals surface area contributed by atoms with Crippen LogP contribution in [-0.2, 0) is 0 Å². The SMILES string of the molecule is CCCOc1sc(-c2ccncc2)nc1C(=O)N(CC)CC. The quantitative estimate of drug-likeness (QED) is 0.784. The van der Waals surface area contributed by atoms with Gasteiger partial charge in [-0.2, -0.15) is 0 Å². The van der Waals surface area contributed by atoms with Gasteiger partial charge in [-0.05, 0) is 32.4 Å². The summed E-state index contributed by atoms with van der Waals surface area (Å²) in [6, 6.07) is 3.77. The van der Waals surface area contributed by atoms with Crippen molar-refractivity contribution in [2.45, 2.75) is 27.2 Å². The predicted molar refractivity (Wildman–Crippen MR) is 88.4 cm³/mol. The standard InChI is InChI=1S/C16H21N3O2S/c1-4-11-21-16-13(15(20)19(5-2)6-3)18-14(22-16)12-7-9-17-10-8-12/h7-10H,4-6,11H2,1-3H3. The fourth-order valence-corrected chi connectivity index (χ4v) is 2.95. The van der Waals surface area contributed by atoms with Gasteiger partial charge in [-0.25, -0.2) is 4.98 Å². The third-order valence-corrected chi connectivity index (χ3v) is 4.23. The Kier molecular flexibility index (Phi) is 5.89. The van der Waals surface area contributed by atoms with E-state index in [-0.39, 0.29) is 5.91 Å². The summed E-state index contributed by atoms with van der Waals surface area (Å²) in [5.74, 6) is -0.0762. The van der Waals surface area contributed by atoms with Gasteiger partial charge in [0.25, 0.3) is 5.91 Å². The molecule has 1 amide bonds. The number of rotatable bonds is 7. The minimum atomic E-state index is -0.0762. The van der Waals surface area contributed by atoms with Crippen LogP contribution in [0, 0.1) is 0 Å². The molecule has 0 aliphatic heterocycles. The molecule has 0 unspecified atom stereocenters. The Bertz CT molecular complexity index is 609. The zero-order chi connectivity index (χ0) is 15.9. The van der Waals surface area contributed by atoms with Crippen molar-refractivity contribution in [3.8, 4) is 15.6 Å². The van der Waals surface area contributed by atoms with Crippen molar-refractivity contribution < 1.29 is 9.53 Å². The molecule has 0 aliphatic carbocycles. The molecule has 0 atom stereocenters. The van der Waals surface area contributed by atoms with E-state index in [0.29, 0.717) is 30.5 Å². The summed E-state index contributed by atoms with van der Waals surface area (Å²) in [5.41, 5.74) is 1.36. The first-order chi connectivity index (χ1) is 10.7. The smallest absolute Gasteiger partial charge is 0.277 e. The molecule has 0 aliphatic rings. The van der Waals surface area contributed by atoms with E-state index in [1.54, 1.807) is 17.3 Å². The van der Waals surface area contributed by atoms with Crippen LogP contribution in [0.3, 0.4) is 0 Å². The fraction of sp³-hybridized carbons (Fsp3) is 0.438. The molecule has 0 spiro atoms. The summed E-state index contributed by atoms with van der Waals surface area (Å²) in [4.78, 5) is 22.9. The second-order valence-electron chi connectivity index (χ2n) is 4.72. The fourth-order valence-electron chi connectivity index (χ4n) is 2.01. The van der Waals surface area contributed by atoms with Crippen LogP contribution in [0.15, 0.2) is 24.5 Å². The molecule has 5 nitrogen and oxygen atoms in total. The van der Waals surface area contributed by atoms with Gasteiger partial charge in [0.2, 0.25) is 5.06 Å². The minimum absolute atomic E-state index is 0.0762. The summed E-state index contributed by atoms with van der Waals surface area (Å²) < 4.78 is 5.74. The van der Waals surface area contributed by atoms with E-state index in [1.165, 1.54) is 11.3 Å². The summed E-state index contributed by atoms with van der Waals surface area (Å²) in [6.07, 6.45) is 4.33. The predicted octanol–water partition coefficient (Wildman–Crippen LogP) is 3.48. The highest BCUT2D eigenvalue weighted by molar-refractivity contribution is 7.17. The van der Waals surface area contributed by atoms with Crippen molar-refractivity contribution in [3.05, 3.63) is 30.2 Å². The van der Waals surface area contributed by atoms with Gasteiger partial charge in [0.05, 0.1) is 6.61 Å². The number of carbonyl (C=O) groups excluding carboxylic acids is 1. The van der Waals surface area contributed by atoms with Crippen LogP contribution in [0.5, 0.6) is 5.06 Å². The molecule has 2 aromatic heterocycles. The molecular weight excluding hydrogens is 298 g/mol. The number of amides is 1. The number of hydrogen-bond acceptors (Lipinski definition) is 5. The van der Waals surface area contributed by atoms with Crippen LogP contribution < -0.4 is 4.74 Å². The monoisotopic (exact) mass is 319 g/mol. The normalized spacial score (nSPS) is 10.5. The van der Waals surface area contributed by atoms with Gasteiger partial charge in [0, 0.05) is 31.0 Å². The number of nitrogens with zero attached hydrogens (tertiary/aromatic N) is 3. The molecular formula is C16H21N3O2S. The maximum Gasteiger partial charge on any atom is 0.277 e. The largest absolute Gasteiger partial charge is 0.482 e. The highest BCUT2D eigenvalue weighted by atomic mass is 32.1. The highest BCUT2D eigenvalue weighted by Crippen LogP contribution is 2.34. The van der Waals surface area contributed by atoms with E-state index in [0.717, 1.165) is 17.0 Å². The third-order valence-electron chi connectivity index (χ3n) is 3.21. The van der Waals surface area contributed by atoms with Crippen molar-refractivity contribution in [3.63, 3.8) is 0 Å². The number of thiazole rings is 1. The maximum absolute atomic E-state index is 12.6. The lowest BCUT2D eigenvalue weighted by atomic mass is 10.3. The first-order valence-corrected chi connectivity index (χ1v) is 8.36. The number of ether oxygens (including phenoxy) is 1. The summed E-state index contributed by atoms with van der Waals surface area (Å²) in [6.45, 7) is 7.86. The van der Waals surface area contributed by atoms with Crippen molar-refractivity contribution in [1.29, 1.82) is 0 Å². The molecule has 118 valence electrons. The molecule has 2 rings (SSSR count).